The molecule has 0 saturated carbocycles. The number of aliphatic hydroxyl groups is 1. The topological polar surface area (TPSA) is 40.5 Å². The van der Waals surface area contributed by atoms with Crippen molar-refractivity contribution in [2.24, 2.45) is 5.92 Å². The minimum absolute atomic E-state index is 0.0359. The molecule has 0 aliphatic rings. The maximum atomic E-state index is 11.9. The molecule has 1 N–H and O–H groups in total. The van der Waals surface area contributed by atoms with Crippen molar-refractivity contribution in [3.8, 4) is 0 Å². The maximum Gasteiger partial charge on any atom is 0.232 e. The Kier molecular flexibility index (Phi) is 4.31. The third kappa shape index (κ3) is 2.80. The van der Waals surface area contributed by atoms with E-state index in [9.17, 15) is 4.79 Å². The number of rotatable bonds is 4. The van der Waals surface area contributed by atoms with Gasteiger partial charge in [-0.3, -0.25) is 4.79 Å². The monoisotopic (exact) mass is 207 g/mol. The van der Waals surface area contributed by atoms with Gasteiger partial charge in [-0.2, -0.15) is 0 Å². The molecule has 0 aliphatic heterocycles. The molecule has 15 heavy (non-hydrogen) atoms. The molecule has 3 heteroatoms. The van der Waals surface area contributed by atoms with Gasteiger partial charge in [0.25, 0.3) is 0 Å². The zero-order valence-corrected chi connectivity index (χ0v) is 9.18. The van der Waals surface area contributed by atoms with Crippen molar-refractivity contribution < 1.29 is 9.90 Å². The summed E-state index contributed by atoms with van der Waals surface area (Å²) in [5.74, 6) is -0.332. The zero-order chi connectivity index (χ0) is 11.3. The van der Waals surface area contributed by atoms with E-state index in [1.807, 2.05) is 37.3 Å². The third-order valence-electron chi connectivity index (χ3n) is 2.54. The lowest BCUT2D eigenvalue weighted by Crippen LogP contribution is -2.34. The molecule has 3 nitrogen and oxygen atoms in total. The second-order valence-corrected chi connectivity index (χ2v) is 3.52. The number of benzene rings is 1. The van der Waals surface area contributed by atoms with Gasteiger partial charge in [0, 0.05) is 12.7 Å². The van der Waals surface area contributed by atoms with Crippen LogP contribution in [0.1, 0.15) is 13.3 Å². The Hall–Kier alpha value is -1.35. The Morgan fingerprint density at radius 1 is 1.40 bits per heavy atom. The number of carbonyl (C=O) groups is 1. The van der Waals surface area contributed by atoms with Crippen molar-refractivity contribution in [3.63, 3.8) is 0 Å². The van der Waals surface area contributed by atoms with E-state index < -0.39 is 0 Å². The van der Waals surface area contributed by atoms with E-state index in [1.165, 1.54) is 0 Å². The van der Waals surface area contributed by atoms with Crippen molar-refractivity contribution in [1.82, 2.24) is 0 Å². The summed E-state index contributed by atoms with van der Waals surface area (Å²) in [6, 6.07) is 9.44. The number of anilines is 1. The van der Waals surface area contributed by atoms with Crippen LogP contribution in [-0.4, -0.2) is 24.7 Å². The predicted molar refractivity (Wildman–Crippen MR) is 60.7 cm³/mol. The summed E-state index contributed by atoms with van der Waals surface area (Å²) in [5.41, 5.74) is 0.856. The van der Waals surface area contributed by atoms with Crippen LogP contribution in [0.25, 0.3) is 0 Å². The van der Waals surface area contributed by atoms with Crippen LogP contribution >= 0.6 is 0 Å². The largest absolute Gasteiger partial charge is 0.396 e. The maximum absolute atomic E-state index is 11.9. The van der Waals surface area contributed by atoms with Gasteiger partial charge in [0.2, 0.25) is 5.91 Å². The molecule has 0 bridgehead atoms. The second-order valence-electron chi connectivity index (χ2n) is 3.52. The molecule has 1 atom stereocenters. The molecule has 1 unspecified atom stereocenters. The quantitative estimate of drug-likeness (QED) is 0.815. The summed E-state index contributed by atoms with van der Waals surface area (Å²) >= 11 is 0. The first-order valence-electron chi connectivity index (χ1n) is 5.14. The Morgan fingerprint density at radius 2 is 2.00 bits per heavy atom. The van der Waals surface area contributed by atoms with E-state index in [4.69, 9.17) is 5.11 Å². The summed E-state index contributed by atoms with van der Waals surface area (Å²) in [6.45, 7) is 1.81. The minimum Gasteiger partial charge on any atom is -0.396 e. The number of carbonyl (C=O) groups excluding carboxylic acids is 1. The molecule has 0 saturated heterocycles. The number of hydrogen-bond acceptors (Lipinski definition) is 2. The number of hydrogen-bond donors (Lipinski definition) is 1. The van der Waals surface area contributed by atoms with E-state index in [1.54, 1.807) is 11.9 Å². The zero-order valence-electron chi connectivity index (χ0n) is 9.18. The van der Waals surface area contributed by atoms with Gasteiger partial charge < -0.3 is 10.0 Å². The molecule has 82 valence electrons. The summed E-state index contributed by atoms with van der Waals surface area (Å²) in [7, 11) is 1.73. The molecule has 1 aromatic rings. The summed E-state index contributed by atoms with van der Waals surface area (Å²) in [6.07, 6.45) is 0.659. The van der Waals surface area contributed by atoms with Gasteiger partial charge in [-0.05, 0) is 18.6 Å². The van der Waals surface area contributed by atoms with Crippen molar-refractivity contribution in [2.75, 3.05) is 18.6 Å². The number of aliphatic hydroxyl groups excluding tert-OH is 1. The first-order valence-corrected chi connectivity index (χ1v) is 5.14. The van der Waals surface area contributed by atoms with Gasteiger partial charge in [-0.1, -0.05) is 25.1 Å². The summed E-state index contributed by atoms with van der Waals surface area (Å²) in [5, 5.41) is 9.04. The molecule has 0 heterocycles. The minimum atomic E-state index is -0.296. The van der Waals surface area contributed by atoms with E-state index in [2.05, 4.69) is 0 Å². The number of amides is 1. The lowest BCUT2D eigenvalue weighted by atomic mass is 10.1. The van der Waals surface area contributed by atoms with E-state index >= 15 is 0 Å². The Labute approximate surface area is 90.3 Å². The van der Waals surface area contributed by atoms with Crippen molar-refractivity contribution in [1.29, 1.82) is 0 Å². The molecule has 1 aromatic carbocycles. The van der Waals surface area contributed by atoms with Gasteiger partial charge in [-0.25, -0.2) is 0 Å². The van der Waals surface area contributed by atoms with Crippen molar-refractivity contribution in [3.05, 3.63) is 30.3 Å². The predicted octanol–water partition coefficient (Wildman–Crippen LogP) is 1.67. The van der Waals surface area contributed by atoms with Crippen molar-refractivity contribution >= 4 is 11.6 Å². The van der Waals surface area contributed by atoms with Crippen LogP contribution in [0.15, 0.2) is 30.3 Å². The molecule has 0 spiro atoms. The van der Waals surface area contributed by atoms with Crippen LogP contribution in [0.3, 0.4) is 0 Å². The average molecular weight is 207 g/mol. The fourth-order valence-corrected chi connectivity index (χ4v) is 1.43. The first-order chi connectivity index (χ1) is 7.20. The molecular formula is C12H17NO2. The van der Waals surface area contributed by atoms with Gasteiger partial charge >= 0.3 is 0 Å². The van der Waals surface area contributed by atoms with Crippen LogP contribution < -0.4 is 4.90 Å². The second kappa shape index (κ2) is 5.51. The lowest BCUT2D eigenvalue weighted by Gasteiger charge is -2.21. The normalized spacial score (nSPS) is 12.2. The van der Waals surface area contributed by atoms with Crippen LogP contribution in [0.5, 0.6) is 0 Å². The van der Waals surface area contributed by atoms with Gasteiger partial charge in [0.05, 0.1) is 12.5 Å². The highest BCUT2D eigenvalue weighted by atomic mass is 16.3. The summed E-state index contributed by atoms with van der Waals surface area (Å²) in [4.78, 5) is 13.5. The fraction of sp³-hybridized carbons (Fsp3) is 0.417. The van der Waals surface area contributed by atoms with Crippen LogP contribution in [-0.2, 0) is 4.79 Å². The molecule has 1 rings (SSSR count). The molecule has 0 fully saturated rings. The van der Waals surface area contributed by atoms with Crippen LogP contribution in [0.2, 0.25) is 0 Å². The van der Waals surface area contributed by atoms with Gasteiger partial charge in [0.1, 0.15) is 0 Å². The molecule has 1 amide bonds. The molecular weight excluding hydrogens is 190 g/mol. The molecule has 0 radical (unpaired) electrons. The number of nitrogens with zero attached hydrogens (tertiary/aromatic N) is 1. The molecule has 0 aromatic heterocycles. The fourth-order valence-electron chi connectivity index (χ4n) is 1.43. The Morgan fingerprint density at radius 3 is 2.47 bits per heavy atom. The Balaban J connectivity index is 2.76. The van der Waals surface area contributed by atoms with Gasteiger partial charge in [-0.15, -0.1) is 0 Å². The van der Waals surface area contributed by atoms with E-state index in [0.29, 0.717) is 6.42 Å². The highest BCUT2D eigenvalue weighted by Gasteiger charge is 2.20. The smallest absolute Gasteiger partial charge is 0.232 e. The SMILES string of the molecule is CCC(CO)C(=O)N(C)c1ccccc1. The lowest BCUT2D eigenvalue weighted by molar-refractivity contribution is -0.123. The van der Waals surface area contributed by atoms with E-state index in [0.717, 1.165) is 5.69 Å². The number of para-hydroxylation sites is 1. The summed E-state index contributed by atoms with van der Waals surface area (Å²) < 4.78 is 0. The Bertz CT molecular complexity index is 307. The van der Waals surface area contributed by atoms with E-state index in [-0.39, 0.29) is 18.4 Å². The average Bonchev–Trinajstić information content (AvgIpc) is 2.30. The third-order valence-corrected chi connectivity index (χ3v) is 2.54. The highest BCUT2D eigenvalue weighted by molar-refractivity contribution is 5.94. The van der Waals surface area contributed by atoms with Crippen LogP contribution in [0.4, 0.5) is 5.69 Å². The highest BCUT2D eigenvalue weighted by Crippen LogP contribution is 2.15. The first kappa shape index (κ1) is 11.7. The van der Waals surface area contributed by atoms with Crippen molar-refractivity contribution in [2.45, 2.75) is 13.3 Å². The van der Waals surface area contributed by atoms with Crippen LogP contribution in [0, 0.1) is 5.92 Å². The standard InChI is InChI=1S/C12H17NO2/c1-3-10(9-14)12(15)13(2)11-7-5-4-6-8-11/h4-8,10,14H,3,9H2,1-2H3. The van der Waals surface area contributed by atoms with Gasteiger partial charge in [0.15, 0.2) is 0 Å². The molecule has 0 aliphatic carbocycles.